The number of hydrogen-bond donors (Lipinski definition) is 1. The Morgan fingerprint density at radius 2 is 1.85 bits per heavy atom. The van der Waals surface area contributed by atoms with Gasteiger partial charge in [-0.2, -0.15) is 0 Å². The van der Waals surface area contributed by atoms with Crippen molar-refractivity contribution in [3.8, 4) is 0 Å². The molecule has 4 nitrogen and oxygen atoms in total. The number of rotatable bonds is 4. The van der Waals surface area contributed by atoms with Crippen LogP contribution in [0, 0.1) is 12.3 Å². The fourth-order valence-corrected chi connectivity index (χ4v) is 3.16. The third kappa shape index (κ3) is 2.68. The molecule has 4 heteroatoms. The van der Waals surface area contributed by atoms with E-state index in [1.807, 2.05) is 0 Å². The van der Waals surface area contributed by atoms with Crippen LogP contribution in [-0.2, 0) is 4.74 Å². The molecule has 1 N–H and O–H groups in total. The Morgan fingerprint density at radius 1 is 1.15 bits per heavy atom. The maximum absolute atomic E-state index is 9.52. The van der Waals surface area contributed by atoms with Gasteiger partial charge in [0.1, 0.15) is 0 Å². The zero-order chi connectivity index (χ0) is 14.0. The molecule has 0 atom stereocenters. The lowest BCUT2D eigenvalue weighted by molar-refractivity contribution is -0.148. The third-order valence-electron chi connectivity index (χ3n) is 4.54. The summed E-state index contributed by atoms with van der Waals surface area (Å²) in [5, 5.41) is 9.52. The monoisotopic (exact) mass is 276 g/mol. The van der Waals surface area contributed by atoms with E-state index in [1.165, 1.54) is 11.3 Å². The molecule has 110 valence electrons. The van der Waals surface area contributed by atoms with Gasteiger partial charge in [0.25, 0.3) is 0 Å². The highest BCUT2D eigenvalue weighted by atomic mass is 16.5. The first-order valence-electron chi connectivity index (χ1n) is 7.44. The van der Waals surface area contributed by atoms with Crippen molar-refractivity contribution in [3.05, 3.63) is 29.8 Å². The molecule has 2 fully saturated rings. The molecule has 0 aromatic heterocycles. The van der Waals surface area contributed by atoms with Crippen LogP contribution in [0.15, 0.2) is 24.3 Å². The molecule has 2 aliphatic rings. The summed E-state index contributed by atoms with van der Waals surface area (Å²) in [6, 6.07) is 8.59. The second kappa shape index (κ2) is 5.72. The molecule has 0 saturated carbocycles. The van der Waals surface area contributed by atoms with Crippen molar-refractivity contribution in [1.29, 1.82) is 0 Å². The quantitative estimate of drug-likeness (QED) is 0.894. The summed E-state index contributed by atoms with van der Waals surface area (Å²) in [7, 11) is 0. The van der Waals surface area contributed by atoms with Gasteiger partial charge in [-0.05, 0) is 18.6 Å². The second-order valence-corrected chi connectivity index (χ2v) is 6.20. The average molecular weight is 276 g/mol. The maximum atomic E-state index is 9.52. The predicted molar refractivity (Wildman–Crippen MR) is 80.2 cm³/mol. The lowest BCUT2D eigenvalue weighted by Crippen LogP contribution is -2.57. The minimum absolute atomic E-state index is 0.00480. The summed E-state index contributed by atoms with van der Waals surface area (Å²) < 4.78 is 5.28. The Bertz CT molecular complexity index is 446. The zero-order valence-electron chi connectivity index (χ0n) is 12.2. The molecular weight excluding hydrogens is 252 g/mol. The number of hydrogen-bond acceptors (Lipinski definition) is 4. The fourth-order valence-electron chi connectivity index (χ4n) is 3.16. The van der Waals surface area contributed by atoms with Crippen LogP contribution < -0.4 is 4.90 Å². The van der Waals surface area contributed by atoms with E-state index in [0.717, 1.165) is 32.7 Å². The number of ether oxygens (including phenoxy) is 1. The van der Waals surface area contributed by atoms with E-state index < -0.39 is 0 Å². The standard InChI is InChI=1S/C16H24N2O2/c1-14-4-2-3-5-15(14)18-8-6-17(7-9-18)10-16(11-19)12-20-13-16/h2-5,19H,6-13H2,1H3. The van der Waals surface area contributed by atoms with Crippen LogP contribution in [0.25, 0.3) is 0 Å². The van der Waals surface area contributed by atoms with E-state index in [0.29, 0.717) is 13.2 Å². The number of aryl methyl sites for hydroxylation is 1. The number of nitrogens with zero attached hydrogens (tertiary/aromatic N) is 2. The van der Waals surface area contributed by atoms with Crippen molar-refractivity contribution in [2.24, 2.45) is 5.41 Å². The van der Waals surface area contributed by atoms with E-state index >= 15 is 0 Å². The van der Waals surface area contributed by atoms with Gasteiger partial charge in [0.05, 0.1) is 25.2 Å². The zero-order valence-corrected chi connectivity index (χ0v) is 12.2. The van der Waals surface area contributed by atoms with Gasteiger partial charge in [-0.3, -0.25) is 4.90 Å². The van der Waals surface area contributed by atoms with Gasteiger partial charge < -0.3 is 14.7 Å². The van der Waals surface area contributed by atoms with E-state index in [4.69, 9.17) is 4.74 Å². The number of para-hydroxylation sites is 1. The van der Waals surface area contributed by atoms with Crippen molar-refractivity contribution in [2.75, 3.05) is 57.4 Å². The minimum atomic E-state index is 0.00480. The van der Waals surface area contributed by atoms with Crippen LogP contribution in [-0.4, -0.2) is 62.6 Å². The predicted octanol–water partition coefficient (Wildman–Crippen LogP) is 1.13. The van der Waals surface area contributed by atoms with Crippen LogP contribution in [0.3, 0.4) is 0 Å². The van der Waals surface area contributed by atoms with Gasteiger partial charge in [0, 0.05) is 38.4 Å². The van der Waals surface area contributed by atoms with Crippen molar-refractivity contribution in [3.63, 3.8) is 0 Å². The Labute approximate surface area is 120 Å². The first-order valence-corrected chi connectivity index (χ1v) is 7.44. The van der Waals surface area contributed by atoms with Crippen molar-refractivity contribution in [2.45, 2.75) is 6.92 Å². The van der Waals surface area contributed by atoms with Gasteiger partial charge in [-0.1, -0.05) is 18.2 Å². The lowest BCUT2D eigenvalue weighted by Gasteiger charge is -2.45. The summed E-state index contributed by atoms with van der Waals surface area (Å²) in [6.45, 7) is 9.06. The summed E-state index contributed by atoms with van der Waals surface area (Å²) in [6.07, 6.45) is 0. The van der Waals surface area contributed by atoms with Gasteiger partial charge >= 0.3 is 0 Å². The Hall–Kier alpha value is -1.10. The van der Waals surface area contributed by atoms with Crippen LogP contribution in [0.5, 0.6) is 0 Å². The van der Waals surface area contributed by atoms with Crippen LogP contribution in [0.1, 0.15) is 5.56 Å². The molecule has 0 bridgehead atoms. The molecule has 1 aromatic carbocycles. The Morgan fingerprint density at radius 3 is 2.40 bits per heavy atom. The van der Waals surface area contributed by atoms with Crippen molar-refractivity contribution >= 4 is 5.69 Å². The number of aliphatic hydroxyl groups excluding tert-OH is 1. The molecule has 1 aromatic rings. The summed E-state index contributed by atoms with van der Waals surface area (Å²) in [4.78, 5) is 4.93. The van der Waals surface area contributed by atoms with Crippen molar-refractivity contribution < 1.29 is 9.84 Å². The molecule has 0 amide bonds. The SMILES string of the molecule is Cc1ccccc1N1CCN(CC2(CO)COC2)CC1. The maximum Gasteiger partial charge on any atom is 0.0579 e. The Kier molecular flexibility index (Phi) is 3.96. The molecule has 0 aliphatic carbocycles. The number of aliphatic hydroxyl groups is 1. The molecule has 2 aliphatic heterocycles. The third-order valence-corrected chi connectivity index (χ3v) is 4.54. The van der Waals surface area contributed by atoms with Crippen LogP contribution in [0.4, 0.5) is 5.69 Å². The van der Waals surface area contributed by atoms with E-state index in [-0.39, 0.29) is 12.0 Å². The fraction of sp³-hybridized carbons (Fsp3) is 0.625. The molecular formula is C16H24N2O2. The minimum Gasteiger partial charge on any atom is -0.396 e. The molecule has 3 rings (SSSR count). The smallest absolute Gasteiger partial charge is 0.0579 e. The largest absolute Gasteiger partial charge is 0.396 e. The summed E-state index contributed by atoms with van der Waals surface area (Å²) in [5.74, 6) is 0. The highest BCUT2D eigenvalue weighted by molar-refractivity contribution is 5.53. The Balaban J connectivity index is 1.56. The number of benzene rings is 1. The van der Waals surface area contributed by atoms with E-state index in [9.17, 15) is 5.11 Å². The molecule has 0 radical (unpaired) electrons. The molecule has 0 spiro atoms. The highest BCUT2D eigenvalue weighted by Crippen LogP contribution is 2.29. The topological polar surface area (TPSA) is 35.9 Å². The molecule has 2 saturated heterocycles. The van der Waals surface area contributed by atoms with Crippen LogP contribution in [0.2, 0.25) is 0 Å². The molecule has 2 heterocycles. The first-order chi connectivity index (χ1) is 9.72. The number of anilines is 1. The molecule has 0 unspecified atom stereocenters. The van der Waals surface area contributed by atoms with Crippen LogP contribution >= 0.6 is 0 Å². The first kappa shape index (κ1) is 13.9. The van der Waals surface area contributed by atoms with E-state index in [2.05, 4.69) is 41.0 Å². The lowest BCUT2D eigenvalue weighted by atomic mass is 9.86. The van der Waals surface area contributed by atoms with Gasteiger partial charge in [0.15, 0.2) is 0 Å². The second-order valence-electron chi connectivity index (χ2n) is 6.20. The normalized spacial score (nSPS) is 22.6. The molecule has 20 heavy (non-hydrogen) atoms. The van der Waals surface area contributed by atoms with E-state index in [1.54, 1.807) is 0 Å². The van der Waals surface area contributed by atoms with Gasteiger partial charge in [-0.25, -0.2) is 0 Å². The van der Waals surface area contributed by atoms with Crippen molar-refractivity contribution in [1.82, 2.24) is 4.90 Å². The highest BCUT2D eigenvalue weighted by Gasteiger charge is 2.40. The summed E-state index contributed by atoms with van der Waals surface area (Å²) >= 11 is 0. The average Bonchev–Trinajstić information content (AvgIpc) is 2.44. The van der Waals surface area contributed by atoms with Gasteiger partial charge in [0.2, 0.25) is 0 Å². The number of piperazine rings is 1. The summed E-state index contributed by atoms with van der Waals surface area (Å²) in [5.41, 5.74) is 2.71. The van der Waals surface area contributed by atoms with Gasteiger partial charge in [-0.15, -0.1) is 0 Å².